The topological polar surface area (TPSA) is 78.5 Å². The van der Waals surface area contributed by atoms with Crippen LogP contribution in [0.2, 0.25) is 0 Å². The third kappa shape index (κ3) is 3.57. The lowest BCUT2D eigenvalue weighted by atomic mass is 9.73. The summed E-state index contributed by atoms with van der Waals surface area (Å²) in [6, 6.07) is 5.46. The van der Waals surface area contributed by atoms with E-state index in [1.807, 2.05) is 45.9 Å². The number of hydrogen-bond acceptors (Lipinski definition) is 3. The molecule has 1 aliphatic carbocycles. The number of rotatable bonds is 4. The monoisotopic (exact) mass is 371 g/mol. The van der Waals surface area contributed by atoms with Crippen LogP contribution in [0.4, 0.5) is 4.79 Å². The summed E-state index contributed by atoms with van der Waals surface area (Å²) in [5.74, 6) is -0.494. The van der Waals surface area contributed by atoms with Crippen molar-refractivity contribution in [2.24, 2.45) is 5.92 Å². The highest BCUT2D eigenvalue weighted by atomic mass is 16.2. The SMILES string of the molecule is Cc1ccc(C)c(C(C)NC(=O)CN2C(=O)NC3(CCCCC3C)C2=O)c1. The zero-order valence-corrected chi connectivity index (χ0v) is 16.6. The Kier molecular flexibility index (Phi) is 5.27. The van der Waals surface area contributed by atoms with Crippen molar-refractivity contribution in [1.82, 2.24) is 15.5 Å². The molecule has 1 aliphatic heterocycles. The van der Waals surface area contributed by atoms with Crippen molar-refractivity contribution in [2.45, 2.75) is 65.0 Å². The summed E-state index contributed by atoms with van der Waals surface area (Å²) in [7, 11) is 0. The van der Waals surface area contributed by atoms with Crippen molar-refractivity contribution < 1.29 is 14.4 Å². The minimum Gasteiger partial charge on any atom is -0.348 e. The standard InChI is InChI=1S/C21H29N3O3/c1-13-8-9-14(2)17(11-13)16(4)22-18(25)12-24-19(26)21(23-20(24)27)10-6-5-7-15(21)3/h8-9,11,15-16H,5-7,10,12H2,1-4H3,(H,22,25)(H,23,27). The first-order valence-corrected chi connectivity index (χ1v) is 9.75. The van der Waals surface area contributed by atoms with Gasteiger partial charge in [-0.25, -0.2) is 4.79 Å². The molecule has 3 atom stereocenters. The van der Waals surface area contributed by atoms with Gasteiger partial charge in [0.05, 0.1) is 6.04 Å². The van der Waals surface area contributed by atoms with Crippen LogP contribution >= 0.6 is 0 Å². The molecule has 1 aromatic carbocycles. The van der Waals surface area contributed by atoms with E-state index in [0.29, 0.717) is 6.42 Å². The Labute approximate surface area is 160 Å². The lowest BCUT2D eigenvalue weighted by Crippen LogP contribution is -2.54. The maximum Gasteiger partial charge on any atom is 0.325 e. The van der Waals surface area contributed by atoms with Crippen molar-refractivity contribution in [3.63, 3.8) is 0 Å². The quantitative estimate of drug-likeness (QED) is 0.799. The van der Waals surface area contributed by atoms with E-state index in [0.717, 1.165) is 40.9 Å². The predicted molar refractivity (Wildman–Crippen MR) is 103 cm³/mol. The van der Waals surface area contributed by atoms with Crippen molar-refractivity contribution in [2.75, 3.05) is 6.54 Å². The third-order valence-corrected chi connectivity index (χ3v) is 6.08. The Morgan fingerprint density at radius 2 is 2.07 bits per heavy atom. The number of nitrogens with zero attached hydrogens (tertiary/aromatic N) is 1. The number of urea groups is 1. The van der Waals surface area contributed by atoms with E-state index >= 15 is 0 Å². The molecule has 0 aromatic heterocycles. The molecule has 0 bridgehead atoms. The van der Waals surface area contributed by atoms with E-state index in [1.54, 1.807) is 0 Å². The molecular weight excluding hydrogens is 342 g/mol. The van der Waals surface area contributed by atoms with E-state index in [9.17, 15) is 14.4 Å². The number of benzene rings is 1. The summed E-state index contributed by atoms with van der Waals surface area (Å²) in [4.78, 5) is 39.0. The molecule has 2 fully saturated rings. The van der Waals surface area contributed by atoms with Gasteiger partial charge in [-0.05, 0) is 50.7 Å². The maximum atomic E-state index is 13.0. The number of carbonyl (C=O) groups excluding carboxylic acids is 3. The van der Waals surface area contributed by atoms with Crippen molar-refractivity contribution in [3.05, 3.63) is 34.9 Å². The van der Waals surface area contributed by atoms with Crippen molar-refractivity contribution in [1.29, 1.82) is 0 Å². The smallest absolute Gasteiger partial charge is 0.325 e. The van der Waals surface area contributed by atoms with Crippen LogP contribution in [0.25, 0.3) is 0 Å². The molecule has 2 N–H and O–H groups in total. The van der Waals surface area contributed by atoms with Crippen molar-refractivity contribution >= 4 is 17.8 Å². The number of nitrogens with one attached hydrogen (secondary N) is 2. The Morgan fingerprint density at radius 3 is 2.78 bits per heavy atom. The summed E-state index contributed by atoms with van der Waals surface area (Å²) in [6.45, 7) is 7.69. The average molecular weight is 371 g/mol. The Bertz CT molecular complexity index is 776. The Balaban J connectivity index is 1.68. The lowest BCUT2D eigenvalue weighted by Gasteiger charge is -2.36. The lowest BCUT2D eigenvalue weighted by molar-refractivity contribution is -0.137. The number of aryl methyl sites for hydroxylation is 2. The van der Waals surface area contributed by atoms with Gasteiger partial charge in [0.25, 0.3) is 5.91 Å². The van der Waals surface area contributed by atoms with Gasteiger partial charge in [-0.2, -0.15) is 0 Å². The highest BCUT2D eigenvalue weighted by molar-refractivity contribution is 6.09. The zero-order chi connectivity index (χ0) is 19.8. The molecule has 1 spiro atoms. The minimum absolute atomic E-state index is 0.0876. The molecule has 1 aromatic rings. The fourth-order valence-electron chi connectivity index (χ4n) is 4.37. The Hall–Kier alpha value is -2.37. The fourth-order valence-corrected chi connectivity index (χ4v) is 4.37. The summed E-state index contributed by atoms with van der Waals surface area (Å²) >= 11 is 0. The van der Waals surface area contributed by atoms with Crippen LogP contribution in [0, 0.1) is 19.8 Å². The summed E-state index contributed by atoms with van der Waals surface area (Å²) in [5.41, 5.74) is 2.43. The molecule has 1 saturated carbocycles. The van der Waals surface area contributed by atoms with Crippen LogP contribution in [0.1, 0.15) is 62.3 Å². The number of hydrogen-bond donors (Lipinski definition) is 2. The van der Waals surface area contributed by atoms with E-state index in [1.165, 1.54) is 0 Å². The molecule has 146 valence electrons. The van der Waals surface area contributed by atoms with Crippen LogP contribution in [-0.2, 0) is 9.59 Å². The first-order valence-electron chi connectivity index (χ1n) is 9.75. The first-order chi connectivity index (χ1) is 12.7. The average Bonchev–Trinajstić information content (AvgIpc) is 2.84. The number of carbonyl (C=O) groups is 3. The molecule has 4 amide bonds. The van der Waals surface area contributed by atoms with E-state index in [-0.39, 0.29) is 30.3 Å². The van der Waals surface area contributed by atoms with Gasteiger partial charge in [0, 0.05) is 0 Å². The van der Waals surface area contributed by atoms with Crippen LogP contribution in [0.5, 0.6) is 0 Å². The molecule has 3 unspecified atom stereocenters. The van der Waals surface area contributed by atoms with Crippen LogP contribution < -0.4 is 10.6 Å². The van der Waals surface area contributed by atoms with Gasteiger partial charge in [0.2, 0.25) is 5.91 Å². The van der Waals surface area contributed by atoms with Crippen LogP contribution in [-0.4, -0.2) is 34.8 Å². The molecule has 27 heavy (non-hydrogen) atoms. The predicted octanol–water partition coefficient (Wildman–Crippen LogP) is 2.98. The van der Waals surface area contributed by atoms with Crippen molar-refractivity contribution in [3.8, 4) is 0 Å². The van der Waals surface area contributed by atoms with E-state index in [4.69, 9.17) is 0 Å². The van der Waals surface area contributed by atoms with Gasteiger partial charge < -0.3 is 10.6 Å². The molecule has 1 heterocycles. The number of imide groups is 1. The normalized spacial score (nSPS) is 26.2. The molecular formula is C21H29N3O3. The van der Waals surface area contributed by atoms with Gasteiger partial charge in [-0.15, -0.1) is 0 Å². The molecule has 3 rings (SSSR count). The summed E-state index contributed by atoms with van der Waals surface area (Å²) < 4.78 is 0. The van der Waals surface area contributed by atoms with Crippen LogP contribution in [0.3, 0.4) is 0 Å². The second-order valence-electron chi connectivity index (χ2n) is 8.09. The molecule has 1 saturated heterocycles. The maximum absolute atomic E-state index is 13.0. The molecule has 6 heteroatoms. The van der Waals surface area contributed by atoms with Crippen LogP contribution in [0.15, 0.2) is 18.2 Å². The molecule has 6 nitrogen and oxygen atoms in total. The van der Waals surface area contributed by atoms with E-state index < -0.39 is 11.6 Å². The minimum atomic E-state index is -0.825. The van der Waals surface area contributed by atoms with Gasteiger partial charge in [-0.1, -0.05) is 43.5 Å². The zero-order valence-electron chi connectivity index (χ0n) is 16.6. The van der Waals surface area contributed by atoms with Gasteiger partial charge in [0.15, 0.2) is 0 Å². The summed E-state index contributed by atoms with van der Waals surface area (Å²) in [6.07, 6.45) is 3.55. The fraction of sp³-hybridized carbons (Fsp3) is 0.571. The van der Waals surface area contributed by atoms with Gasteiger partial charge in [0.1, 0.15) is 12.1 Å². The molecule has 0 radical (unpaired) electrons. The molecule has 2 aliphatic rings. The van der Waals surface area contributed by atoms with Gasteiger partial charge in [-0.3, -0.25) is 14.5 Å². The second kappa shape index (κ2) is 7.33. The second-order valence-corrected chi connectivity index (χ2v) is 8.09. The largest absolute Gasteiger partial charge is 0.348 e. The van der Waals surface area contributed by atoms with Gasteiger partial charge >= 0.3 is 6.03 Å². The Morgan fingerprint density at radius 1 is 1.33 bits per heavy atom. The highest BCUT2D eigenvalue weighted by Gasteiger charge is 2.55. The number of amides is 4. The van der Waals surface area contributed by atoms with E-state index in [2.05, 4.69) is 10.6 Å². The third-order valence-electron chi connectivity index (χ3n) is 6.08. The first kappa shape index (κ1) is 19.4. The summed E-state index contributed by atoms with van der Waals surface area (Å²) in [5, 5.41) is 5.81. The highest BCUT2D eigenvalue weighted by Crippen LogP contribution is 2.38.